The van der Waals surface area contributed by atoms with Crippen LogP contribution in [0.15, 0.2) is 42.7 Å². The summed E-state index contributed by atoms with van der Waals surface area (Å²) in [5.41, 5.74) is 3.57. The highest BCUT2D eigenvalue weighted by Crippen LogP contribution is 2.22. The van der Waals surface area contributed by atoms with Crippen molar-refractivity contribution in [2.75, 3.05) is 19.3 Å². The van der Waals surface area contributed by atoms with E-state index in [1.54, 1.807) is 0 Å². The lowest BCUT2D eigenvalue weighted by molar-refractivity contribution is 0.222. The van der Waals surface area contributed by atoms with Gasteiger partial charge in [-0.05, 0) is 23.8 Å². The normalized spacial score (nSPS) is 18.7. The van der Waals surface area contributed by atoms with Crippen LogP contribution in [0.3, 0.4) is 0 Å². The Bertz CT molecular complexity index is 1010. The highest BCUT2D eigenvalue weighted by molar-refractivity contribution is 7.88. The van der Waals surface area contributed by atoms with Crippen LogP contribution in [0.4, 0.5) is 0 Å². The second kappa shape index (κ2) is 6.86. The van der Waals surface area contributed by atoms with Gasteiger partial charge in [0.25, 0.3) is 0 Å². The van der Waals surface area contributed by atoms with Gasteiger partial charge in [0.2, 0.25) is 10.0 Å². The van der Waals surface area contributed by atoms with Gasteiger partial charge in [-0.1, -0.05) is 12.1 Å². The maximum atomic E-state index is 11.5. The number of nitrogens with one attached hydrogen (secondary N) is 2. The van der Waals surface area contributed by atoms with Gasteiger partial charge in [-0.2, -0.15) is 5.10 Å². The first kappa shape index (κ1) is 17.3. The van der Waals surface area contributed by atoms with E-state index in [1.807, 2.05) is 23.1 Å². The van der Waals surface area contributed by atoms with E-state index in [-0.39, 0.29) is 5.92 Å². The lowest BCUT2D eigenvalue weighted by atomic mass is 10.1. The number of rotatable bonds is 5. The Morgan fingerprint density at radius 1 is 1.27 bits per heavy atom. The largest absolute Gasteiger partial charge is 0.361 e. The number of nitrogens with zero attached hydrogens (tertiary/aromatic N) is 3. The molecule has 1 atom stereocenters. The topological polar surface area (TPSA) is 83.0 Å². The van der Waals surface area contributed by atoms with Gasteiger partial charge in [0.15, 0.2) is 0 Å². The lowest BCUT2D eigenvalue weighted by Crippen LogP contribution is -2.36. The quantitative estimate of drug-likeness (QED) is 0.711. The van der Waals surface area contributed by atoms with Crippen LogP contribution in [0.2, 0.25) is 0 Å². The minimum Gasteiger partial charge on any atom is -0.361 e. The molecule has 0 bridgehead atoms. The Morgan fingerprint density at radius 2 is 2.15 bits per heavy atom. The van der Waals surface area contributed by atoms with Crippen LogP contribution < -0.4 is 4.72 Å². The van der Waals surface area contributed by atoms with E-state index in [0.29, 0.717) is 6.54 Å². The highest BCUT2D eigenvalue weighted by Gasteiger charge is 2.23. The molecule has 7 nitrogen and oxygen atoms in total. The third kappa shape index (κ3) is 3.82. The van der Waals surface area contributed by atoms with E-state index in [2.05, 4.69) is 44.0 Å². The molecule has 0 saturated heterocycles. The first-order valence-electron chi connectivity index (χ1n) is 8.70. The van der Waals surface area contributed by atoms with Crippen LogP contribution in [-0.4, -0.2) is 47.4 Å². The molecule has 0 amide bonds. The standard InChI is InChI=1S/C18H23N5O2S/c1-26(24,25)21-9-14-10-22(13-16-5-8-20-23(16)11-14)12-15-3-2-4-18-17(15)6-7-19-18/h2-8,14,19,21H,9-13H2,1H3/t14-/m1/s1. The molecular weight excluding hydrogens is 350 g/mol. The molecule has 0 radical (unpaired) electrons. The minimum absolute atomic E-state index is 0.163. The summed E-state index contributed by atoms with van der Waals surface area (Å²) < 4.78 is 27.6. The molecule has 2 aromatic heterocycles. The van der Waals surface area contributed by atoms with Crippen LogP contribution in [0, 0.1) is 5.92 Å². The Kier molecular flexibility index (Phi) is 4.56. The van der Waals surface area contributed by atoms with E-state index >= 15 is 0 Å². The summed E-state index contributed by atoms with van der Waals surface area (Å²) in [7, 11) is -3.20. The van der Waals surface area contributed by atoms with Crippen LogP contribution in [0.5, 0.6) is 0 Å². The number of aromatic nitrogens is 3. The van der Waals surface area contributed by atoms with Crippen molar-refractivity contribution < 1.29 is 8.42 Å². The fourth-order valence-electron chi connectivity index (χ4n) is 3.67. The summed E-state index contributed by atoms with van der Waals surface area (Å²) in [4.78, 5) is 5.63. The van der Waals surface area contributed by atoms with Gasteiger partial charge >= 0.3 is 0 Å². The smallest absolute Gasteiger partial charge is 0.208 e. The van der Waals surface area contributed by atoms with Gasteiger partial charge in [-0.3, -0.25) is 9.58 Å². The van der Waals surface area contributed by atoms with E-state index in [4.69, 9.17) is 0 Å². The molecule has 3 heterocycles. The molecule has 2 N–H and O–H groups in total. The average molecular weight is 373 g/mol. The third-order valence-electron chi connectivity index (χ3n) is 4.85. The molecule has 1 aromatic carbocycles. The van der Waals surface area contributed by atoms with Crippen molar-refractivity contribution >= 4 is 20.9 Å². The number of sulfonamides is 1. The molecule has 3 aromatic rings. The van der Waals surface area contributed by atoms with Crippen molar-refractivity contribution in [3.05, 3.63) is 54.0 Å². The second-order valence-corrected chi connectivity index (χ2v) is 8.85. The van der Waals surface area contributed by atoms with Crippen molar-refractivity contribution in [1.82, 2.24) is 24.4 Å². The summed E-state index contributed by atoms with van der Waals surface area (Å²) in [6.45, 7) is 3.57. The van der Waals surface area contributed by atoms with Crippen molar-refractivity contribution in [3.8, 4) is 0 Å². The average Bonchev–Trinajstić information content (AvgIpc) is 3.19. The Balaban J connectivity index is 1.57. The number of benzene rings is 1. The maximum absolute atomic E-state index is 11.5. The molecule has 1 aliphatic heterocycles. The number of H-pyrrole nitrogens is 1. The first-order chi connectivity index (χ1) is 12.5. The Hall–Kier alpha value is -2.16. The number of fused-ring (bicyclic) bond motifs is 2. The zero-order valence-electron chi connectivity index (χ0n) is 14.7. The molecule has 138 valence electrons. The van der Waals surface area contributed by atoms with E-state index in [9.17, 15) is 8.42 Å². The van der Waals surface area contributed by atoms with Crippen LogP contribution in [-0.2, 0) is 29.7 Å². The molecule has 0 fully saturated rings. The maximum Gasteiger partial charge on any atom is 0.208 e. The molecule has 4 rings (SSSR count). The fraction of sp³-hybridized carbons (Fsp3) is 0.389. The van der Waals surface area contributed by atoms with Crippen molar-refractivity contribution in [3.63, 3.8) is 0 Å². The van der Waals surface area contributed by atoms with Crippen molar-refractivity contribution in [2.45, 2.75) is 19.6 Å². The van der Waals surface area contributed by atoms with Gasteiger partial charge in [0, 0.05) is 61.9 Å². The van der Waals surface area contributed by atoms with Gasteiger partial charge in [0.05, 0.1) is 11.9 Å². The van der Waals surface area contributed by atoms with E-state index in [1.165, 1.54) is 17.2 Å². The zero-order chi connectivity index (χ0) is 18.1. The van der Waals surface area contributed by atoms with Gasteiger partial charge in [0.1, 0.15) is 0 Å². The van der Waals surface area contributed by atoms with Gasteiger partial charge in [-0.15, -0.1) is 0 Å². The molecular formula is C18H23N5O2S. The monoisotopic (exact) mass is 373 g/mol. The molecule has 0 spiro atoms. The predicted octanol–water partition coefficient (Wildman–Crippen LogP) is 1.55. The number of aromatic amines is 1. The van der Waals surface area contributed by atoms with E-state index < -0.39 is 10.0 Å². The number of hydrogen-bond acceptors (Lipinski definition) is 4. The van der Waals surface area contributed by atoms with Crippen LogP contribution in [0.1, 0.15) is 11.3 Å². The Labute approximate surface area is 153 Å². The van der Waals surface area contributed by atoms with Crippen LogP contribution >= 0.6 is 0 Å². The SMILES string of the molecule is CS(=O)(=O)NC[C@@H]1CN(Cc2cccc3[nH]ccc23)Cc2ccnn2C1. The number of hydrogen-bond donors (Lipinski definition) is 2. The fourth-order valence-corrected chi connectivity index (χ4v) is 4.21. The molecule has 0 aliphatic carbocycles. The highest BCUT2D eigenvalue weighted by atomic mass is 32.2. The molecule has 8 heteroatoms. The third-order valence-corrected chi connectivity index (χ3v) is 5.54. The summed E-state index contributed by atoms with van der Waals surface area (Å²) in [6, 6.07) is 10.4. The molecule has 1 aliphatic rings. The van der Waals surface area contributed by atoms with Gasteiger partial charge < -0.3 is 4.98 Å². The predicted molar refractivity (Wildman–Crippen MR) is 101 cm³/mol. The van der Waals surface area contributed by atoms with Crippen molar-refractivity contribution in [2.24, 2.45) is 5.92 Å². The minimum atomic E-state index is -3.20. The van der Waals surface area contributed by atoms with Gasteiger partial charge in [-0.25, -0.2) is 13.1 Å². The molecule has 0 unspecified atom stereocenters. The summed E-state index contributed by atoms with van der Waals surface area (Å²) in [5, 5.41) is 5.63. The first-order valence-corrected chi connectivity index (χ1v) is 10.6. The second-order valence-electron chi connectivity index (χ2n) is 7.02. The molecule has 0 saturated carbocycles. The van der Waals surface area contributed by atoms with Crippen LogP contribution in [0.25, 0.3) is 10.9 Å². The summed E-state index contributed by atoms with van der Waals surface area (Å²) >= 11 is 0. The zero-order valence-corrected chi connectivity index (χ0v) is 15.5. The lowest BCUT2D eigenvalue weighted by Gasteiger charge is -2.24. The summed E-state index contributed by atoms with van der Waals surface area (Å²) in [6.07, 6.45) is 4.98. The van der Waals surface area contributed by atoms with Crippen molar-refractivity contribution in [1.29, 1.82) is 0 Å². The molecule has 26 heavy (non-hydrogen) atoms. The Morgan fingerprint density at radius 3 is 3.00 bits per heavy atom. The van der Waals surface area contributed by atoms with E-state index in [0.717, 1.165) is 37.4 Å². The summed E-state index contributed by atoms with van der Waals surface area (Å²) in [5.74, 6) is 0.163.